The maximum absolute atomic E-state index is 4.41. The molecule has 1 N–H and O–H groups in total. The van der Waals surface area contributed by atoms with Crippen molar-refractivity contribution in [1.82, 2.24) is 10.3 Å². The minimum Gasteiger partial charge on any atom is -0.319 e. The summed E-state index contributed by atoms with van der Waals surface area (Å²) in [6, 6.07) is 10.6. The SMILES string of the molecule is CNCC1CC1c1ccnc2ccccc12. The highest BCUT2D eigenvalue weighted by atomic mass is 14.8. The first-order chi connectivity index (χ1) is 7.90. The molecule has 1 heterocycles. The molecule has 2 unspecified atom stereocenters. The van der Waals surface area contributed by atoms with Crippen LogP contribution in [0.15, 0.2) is 36.5 Å². The summed E-state index contributed by atoms with van der Waals surface area (Å²) >= 11 is 0. The first-order valence-corrected chi connectivity index (χ1v) is 5.88. The third-order valence-electron chi connectivity index (χ3n) is 3.47. The van der Waals surface area contributed by atoms with Crippen LogP contribution in [0, 0.1) is 5.92 Å². The van der Waals surface area contributed by atoms with Gasteiger partial charge in [-0.1, -0.05) is 18.2 Å². The fraction of sp³-hybridized carbons (Fsp3) is 0.357. The van der Waals surface area contributed by atoms with E-state index in [-0.39, 0.29) is 0 Å². The number of aromatic nitrogens is 1. The Bertz CT molecular complexity index is 502. The normalized spacial score (nSPS) is 23.6. The second-order valence-electron chi connectivity index (χ2n) is 4.58. The van der Waals surface area contributed by atoms with Gasteiger partial charge in [0.15, 0.2) is 0 Å². The van der Waals surface area contributed by atoms with E-state index < -0.39 is 0 Å². The number of nitrogens with one attached hydrogen (secondary N) is 1. The van der Waals surface area contributed by atoms with Gasteiger partial charge in [-0.3, -0.25) is 4.98 Å². The lowest BCUT2D eigenvalue weighted by Gasteiger charge is -2.05. The second-order valence-corrected chi connectivity index (χ2v) is 4.58. The van der Waals surface area contributed by atoms with Crippen LogP contribution in [-0.2, 0) is 0 Å². The van der Waals surface area contributed by atoms with Gasteiger partial charge in [-0.2, -0.15) is 0 Å². The van der Waals surface area contributed by atoms with Gasteiger partial charge >= 0.3 is 0 Å². The Morgan fingerprint density at radius 3 is 3.06 bits per heavy atom. The second kappa shape index (κ2) is 3.87. The average molecular weight is 212 g/mol. The standard InChI is InChI=1S/C14H16N2/c1-15-9-10-8-13(10)11-6-7-16-14-5-3-2-4-12(11)14/h2-7,10,13,15H,8-9H2,1H3. The molecule has 2 aromatic rings. The zero-order valence-electron chi connectivity index (χ0n) is 9.48. The summed E-state index contributed by atoms with van der Waals surface area (Å²) in [5, 5.41) is 4.59. The van der Waals surface area contributed by atoms with Crippen LogP contribution >= 0.6 is 0 Å². The summed E-state index contributed by atoms with van der Waals surface area (Å²) in [6.45, 7) is 1.13. The van der Waals surface area contributed by atoms with E-state index in [1.165, 1.54) is 17.4 Å². The molecule has 2 heteroatoms. The summed E-state index contributed by atoms with van der Waals surface area (Å²) in [6.07, 6.45) is 3.25. The van der Waals surface area contributed by atoms with Gasteiger partial charge in [-0.05, 0) is 49.5 Å². The molecule has 0 saturated heterocycles. The Balaban J connectivity index is 1.99. The van der Waals surface area contributed by atoms with Crippen molar-refractivity contribution in [2.75, 3.05) is 13.6 Å². The van der Waals surface area contributed by atoms with Crippen molar-refractivity contribution in [3.05, 3.63) is 42.1 Å². The quantitative estimate of drug-likeness (QED) is 0.845. The lowest BCUT2D eigenvalue weighted by molar-refractivity contribution is 0.699. The lowest BCUT2D eigenvalue weighted by atomic mass is 10.0. The van der Waals surface area contributed by atoms with E-state index in [0.717, 1.165) is 23.9 Å². The Morgan fingerprint density at radius 2 is 2.19 bits per heavy atom. The number of rotatable bonds is 3. The van der Waals surface area contributed by atoms with Crippen LogP contribution in [0.4, 0.5) is 0 Å². The van der Waals surface area contributed by atoms with Crippen molar-refractivity contribution in [1.29, 1.82) is 0 Å². The van der Waals surface area contributed by atoms with Crippen LogP contribution in [0.5, 0.6) is 0 Å². The first-order valence-electron chi connectivity index (χ1n) is 5.88. The molecule has 1 fully saturated rings. The molecule has 82 valence electrons. The summed E-state index contributed by atoms with van der Waals surface area (Å²) in [7, 11) is 2.03. The van der Waals surface area contributed by atoms with Gasteiger partial charge in [0.1, 0.15) is 0 Å². The molecule has 1 aromatic carbocycles. The Kier molecular flexibility index (Phi) is 2.37. The monoisotopic (exact) mass is 212 g/mol. The average Bonchev–Trinajstić information content (AvgIpc) is 3.08. The smallest absolute Gasteiger partial charge is 0.0704 e. The topological polar surface area (TPSA) is 24.9 Å². The van der Waals surface area contributed by atoms with Crippen LogP contribution in [-0.4, -0.2) is 18.6 Å². The number of benzene rings is 1. The zero-order chi connectivity index (χ0) is 11.0. The molecule has 0 bridgehead atoms. The zero-order valence-corrected chi connectivity index (χ0v) is 9.48. The van der Waals surface area contributed by atoms with E-state index >= 15 is 0 Å². The highest BCUT2D eigenvalue weighted by Gasteiger charge is 2.38. The van der Waals surface area contributed by atoms with E-state index in [1.54, 1.807) is 0 Å². The van der Waals surface area contributed by atoms with Crippen LogP contribution in [0.3, 0.4) is 0 Å². The van der Waals surface area contributed by atoms with Crippen molar-refractivity contribution >= 4 is 10.9 Å². The number of hydrogen-bond acceptors (Lipinski definition) is 2. The molecule has 0 spiro atoms. The van der Waals surface area contributed by atoms with Gasteiger partial charge in [0.2, 0.25) is 0 Å². The molecule has 2 atom stereocenters. The van der Waals surface area contributed by atoms with Gasteiger partial charge in [-0.25, -0.2) is 0 Å². The van der Waals surface area contributed by atoms with Crippen LogP contribution in [0.25, 0.3) is 10.9 Å². The fourth-order valence-corrected chi connectivity index (χ4v) is 2.56. The minimum atomic E-state index is 0.736. The molecule has 16 heavy (non-hydrogen) atoms. The molecule has 3 rings (SSSR count). The van der Waals surface area contributed by atoms with Crippen molar-refractivity contribution in [2.24, 2.45) is 5.92 Å². The molecular weight excluding hydrogens is 196 g/mol. The van der Waals surface area contributed by atoms with E-state index in [0.29, 0.717) is 0 Å². The molecule has 0 amide bonds. The Morgan fingerprint density at radius 1 is 1.31 bits per heavy atom. The molecular formula is C14H16N2. The van der Waals surface area contributed by atoms with Crippen molar-refractivity contribution in [3.8, 4) is 0 Å². The number of fused-ring (bicyclic) bond motifs is 1. The van der Waals surface area contributed by atoms with Gasteiger partial charge in [-0.15, -0.1) is 0 Å². The number of hydrogen-bond donors (Lipinski definition) is 1. The summed E-state index contributed by atoms with van der Waals surface area (Å²) in [5.74, 6) is 1.55. The van der Waals surface area contributed by atoms with E-state index in [4.69, 9.17) is 0 Å². The van der Waals surface area contributed by atoms with Crippen molar-refractivity contribution in [3.63, 3.8) is 0 Å². The summed E-state index contributed by atoms with van der Waals surface area (Å²) in [5.41, 5.74) is 2.60. The summed E-state index contributed by atoms with van der Waals surface area (Å²) < 4.78 is 0. The summed E-state index contributed by atoms with van der Waals surface area (Å²) in [4.78, 5) is 4.41. The van der Waals surface area contributed by atoms with E-state index in [2.05, 4.69) is 40.6 Å². The predicted octanol–water partition coefficient (Wildman–Crippen LogP) is 2.56. The number of pyridine rings is 1. The predicted molar refractivity (Wildman–Crippen MR) is 66.5 cm³/mol. The van der Waals surface area contributed by atoms with E-state index in [9.17, 15) is 0 Å². The molecule has 1 saturated carbocycles. The highest BCUT2D eigenvalue weighted by Crippen LogP contribution is 2.48. The van der Waals surface area contributed by atoms with Crippen molar-refractivity contribution < 1.29 is 0 Å². The third kappa shape index (κ3) is 1.59. The Hall–Kier alpha value is -1.41. The third-order valence-corrected chi connectivity index (χ3v) is 3.47. The number of para-hydroxylation sites is 1. The van der Waals surface area contributed by atoms with Gasteiger partial charge in [0.25, 0.3) is 0 Å². The largest absolute Gasteiger partial charge is 0.319 e. The fourth-order valence-electron chi connectivity index (χ4n) is 2.56. The molecule has 0 aliphatic heterocycles. The first kappa shape index (κ1) is 9.79. The maximum Gasteiger partial charge on any atom is 0.0704 e. The Labute approximate surface area is 95.7 Å². The van der Waals surface area contributed by atoms with Crippen LogP contribution in [0.1, 0.15) is 17.9 Å². The highest BCUT2D eigenvalue weighted by molar-refractivity contribution is 5.82. The van der Waals surface area contributed by atoms with E-state index in [1.807, 2.05) is 13.2 Å². The van der Waals surface area contributed by atoms with Gasteiger partial charge < -0.3 is 5.32 Å². The molecule has 2 nitrogen and oxygen atoms in total. The van der Waals surface area contributed by atoms with Gasteiger partial charge in [0, 0.05) is 11.6 Å². The number of nitrogens with zero attached hydrogens (tertiary/aromatic N) is 1. The molecule has 1 aliphatic rings. The van der Waals surface area contributed by atoms with Crippen LogP contribution < -0.4 is 5.32 Å². The minimum absolute atomic E-state index is 0.736. The molecule has 0 radical (unpaired) electrons. The van der Waals surface area contributed by atoms with Crippen LogP contribution in [0.2, 0.25) is 0 Å². The maximum atomic E-state index is 4.41. The van der Waals surface area contributed by atoms with Gasteiger partial charge in [0.05, 0.1) is 5.52 Å². The molecule has 1 aromatic heterocycles. The lowest BCUT2D eigenvalue weighted by Crippen LogP contribution is -2.10. The molecule has 1 aliphatic carbocycles. The van der Waals surface area contributed by atoms with Crippen molar-refractivity contribution in [2.45, 2.75) is 12.3 Å².